The summed E-state index contributed by atoms with van der Waals surface area (Å²) in [7, 11) is 0. The van der Waals surface area contributed by atoms with Gasteiger partial charge in [-0.15, -0.1) is 0 Å². The average molecular weight is 262 g/mol. The molecule has 0 radical (unpaired) electrons. The van der Waals surface area contributed by atoms with Crippen LogP contribution in [0.25, 0.3) is 0 Å². The Balaban J connectivity index is 1.67. The molecule has 1 nitrogen and oxygen atoms in total. The maximum absolute atomic E-state index is 12.9. The van der Waals surface area contributed by atoms with Crippen molar-refractivity contribution in [1.82, 2.24) is 0 Å². The van der Waals surface area contributed by atoms with E-state index in [0.717, 1.165) is 30.2 Å². The summed E-state index contributed by atoms with van der Waals surface area (Å²) in [6.07, 6.45) is 8.63. The molecule has 0 heterocycles. The van der Waals surface area contributed by atoms with Crippen molar-refractivity contribution in [2.45, 2.75) is 51.0 Å². The Kier molecular flexibility index (Phi) is 3.88. The highest BCUT2D eigenvalue weighted by Gasteiger charge is 2.35. The molecule has 0 bridgehead atoms. The Hall–Kier alpha value is -0.890. The number of hydrogen-bond donors (Lipinski definition) is 1. The van der Waals surface area contributed by atoms with E-state index in [-0.39, 0.29) is 5.82 Å². The summed E-state index contributed by atoms with van der Waals surface area (Å²) in [5.74, 6) is 1.87. The molecule has 19 heavy (non-hydrogen) atoms. The van der Waals surface area contributed by atoms with Gasteiger partial charge in [-0.3, -0.25) is 0 Å². The van der Waals surface area contributed by atoms with Gasteiger partial charge in [0.2, 0.25) is 0 Å². The van der Waals surface area contributed by atoms with Crippen LogP contribution in [0.15, 0.2) is 24.3 Å². The third-order valence-electron chi connectivity index (χ3n) is 5.24. The molecule has 1 aromatic carbocycles. The van der Waals surface area contributed by atoms with E-state index < -0.39 is 6.10 Å². The Morgan fingerprint density at radius 3 is 2.37 bits per heavy atom. The molecule has 2 saturated carbocycles. The van der Waals surface area contributed by atoms with Crippen molar-refractivity contribution in [2.75, 3.05) is 0 Å². The number of halogens is 1. The first-order valence-electron chi connectivity index (χ1n) is 7.67. The Morgan fingerprint density at radius 2 is 1.63 bits per heavy atom. The number of rotatable bonds is 2. The van der Waals surface area contributed by atoms with Gasteiger partial charge in [0, 0.05) is 0 Å². The number of aliphatic hydroxyl groups is 1. The zero-order valence-corrected chi connectivity index (χ0v) is 11.4. The summed E-state index contributed by atoms with van der Waals surface area (Å²) in [4.78, 5) is 0. The predicted molar refractivity (Wildman–Crippen MR) is 74.1 cm³/mol. The zero-order valence-electron chi connectivity index (χ0n) is 11.4. The Bertz CT molecular complexity index is 414. The van der Waals surface area contributed by atoms with Crippen LogP contribution in [0.5, 0.6) is 0 Å². The summed E-state index contributed by atoms with van der Waals surface area (Å²) in [5.41, 5.74) is 0.876. The largest absolute Gasteiger partial charge is 0.388 e. The molecular formula is C17H23FO. The minimum atomic E-state index is -0.413. The van der Waals surface area contributed by atoms with Crippen LogP contribution in [0.3, 0.4) is 0 Å². The van der Waals surface area contributed by atoms with Crippen LogP contribution in [-0.4, -0.2) is 5.11 Å². The van der Waals surface area contributed by atoms with Crippen molar-refractivity contribution < 1.29 is 9.50 Å². The molecule has 4 atom stereocenters. The van der Waals surface area contributed by atoms with Crippen LogP contribution in [0.2, 0.25) is 0 Å². The van der Waals surface area contributed by atoms with Gasteiger partial charge in [-0.05, 0) is 54.7 Å². The maximum Gasteiger partial charge on any atom is 0.123 e. The molecule has 1 N–H and O–H groups in total. The van der Waals surface area contributed by atoms with E-state index >= 15 is 0 Å². The minimum Gasteiger partial charge on any atom is -0.388 e. The highest BCUT2D eigenvalue weighted by atomic mass is 19.1. The number of fused-ring (bicyclic) bond motifs is 1. The molecule has 0 saturated heterocycles. The van der Waals surface area contributed by atoms with E-state index in [1.165, 1.54) is 44.2 Å². The summed E-state index contributed by atoms with van der Waals surface area (Å²) in [6, 6.07) is 6.36. The molecule has 4 unspecified atom stereocenters. The molecule has 0 spiro atoms. The second-order valence-electron chi connectivity index (χ2n) is 6.37. The van der Waals surface area contributed by atoms with E-state index in [1.807, 2.05) is 0 Å². The van der Waals surface area contributed by atoms with Crippen molar-refractivity contribution in [1.29, 1.82) is 0 Å². The van der Waals surface area contributed by atoms with Gasteiger partial charge in [0.05, 0.1) is 6.10 Å². The van der Waals surface area contributed by atoms with Crippen molar-refractivity contribution in [3.05, 3.63) is 35.6 Å². The molecule has 2 fully saturated rings. The van der Waals surface area contributed by atoms with Gasteiger partial charge in [-0.1, -0.05) is 37.8 Å². The second-order valence-corrected chi connectivity index (χ2v) is 6.37. The first-order valence-corrected chi connectivity index (χ1v) is 7.67. The number of aliphatic hydroxyl groups excluding tert-OH is 1. The Labute approximate surface area is 114 Å². The lowest BCUT2D eigenvalue weighted by Crippen LogP contribution is -2.30. The van der Waals surface area contributed by atoms with Gasteiger partial charge in [0.25, 0.3) is 0 Å². The quantitative estimate of drug-likeness (QED) is 0.834. The monoisotopic (exact) mass is 262 g/mol. The molecule has 0 aliphatic heterocycles. The zero-order chi connectivity index (χ0) is 13.2. The molecule has 0 aromatic heterocycles. The second kappa shape index (κ2) is 5.62. The normalized spacial score (nSPS) is 32.6. The predicted octanol–water partition coefficient (Wildman–Crippen LogP) is 4.47. The SMILES string of the molecule is OC(c1ccc(F)cc1)C1CCC2CCCCC2C1. The van der Waals surface area contributed by atoms with Crippen molar-refractivity contribution in [2.24, 2.45) is 17.8 Å². The van der Waals surface area contributed by atoms with Crippen molar-refractivity contribution in [3.63, 3.8) is 0 Å². The minimum absolute atomic E-state index is 0.230. The maximum atomic E-state index is 12.9. The lowest BCUT2D eigenvalue weighted by Gasteiger charge is -2.40. The molecule has 3 rings (SSSR count). The fraction of sp³-hybridized carbons (Fsp3) is 0.647. The first kappa shape index (κ1) is 13.1. The molecule has 1 aromatic rings. The van der Waals surface area contributed by atoms with Crippen molar-refractivity contribution in [3.8, 4) is 0 Å². The van der Waals surface area contributed by atoms with Crippen LogP contribution in [0.1, 0.15) is 56.6 Å². The van der Waals surface area contributed by atoms with Gasteiger partial charge in [0.15, 0.2) is 0 Å². The van der Waals surface area contributed by atoms with Crippen LogP contribution in [0, 0.1) is 23.6 Å². The number of hydrogen-bond acceptors (Lipinski definition) is 1. The fourth-order valence-electron chi connectivity index (χ4n) is 4.13. The van der Waals surface area contributed by atoms with Gasteiger partial charge in [0.1, 0.15) is 5.82 Å². The summed E-state index contributed by atoms with van der Waals surface area (Å²) >= 11 is 0. The molecular weight excluding hydrogens is 239 g/mol. The third-order valence-corrected chi connectivity index (χ3v) is 5.24. The van der Waals surface area contributed by atoms with Crippen LogP contribution < -0.4 is 0 Å². The standard InChI is InChI=1S/C17H23FO/c18-16-9-7-13(8-10-16)17(19)15-6-5-12-3-1-2-4-14(12)11-15/h7-10,12,14-15,17,19H,1-6,11H2. The highest BCUT2D eigenvalue weighted by molar-refractivity contribution is 5.19. The average Bonchev–Trinajstić information content (AvgIpc) is 2.47. The third kappa shape index (κ3) is 2.84. The molecule has 2 aliphatic rings. The molecule has 2 aliphatic carbocycles. The van der Waals surface area contributed by atoms with Gasteiger partial charge in [-0.2, -0.15) is 0 Å². The Morgan fingerprint density at radius 1 is 0.947 bits per heavy atom. The van der Waals surface area contributed by atoms with Crippen LogP contribution in [-0.2, 0) is 0 Å². The van der Waals surface area contributed by atoms with E-state index in [0.29, 0.717) is 5.92 Å². The van der Waals surface area contributed by atoms with Gasteiger partial charge in [-0.25, -0.2) is 4.39 Å². The summed E-state index contributed by atoms with van der Waals surface area (Å²) in [5, 5.41) is 10.5. The van der Waals surface area contributed by atoms with E-state index in [4.69, 9.17) is 0 Å². The molecule has 0 amide bonds. The highest BCUT2D eigenvalue weighted by Crippen LogP contribution is 2.46. The van der Waals surface area contributed by atoms with Gasteiger partial charge >= 0.3 is 0 Å². The molecule has 2 heteroatoms. The summed E-state index contributed by atoms with van der Waals surface area (Å²) < 4.78 is 12.9. The molecule has 104 valence electrons. The topological polar surface area (TPSA) is 20.2 Å². The summed E-state index contributed by atoms with van der Waals surface area (Å²) in [6.45, 7) is 0. The lowest BCUT2D eigenvalue weighted by atomic mass is 9.66. The van der Waals surface area contributed by atoms with Gasteiger partial charge < -0.3 is 5.11 Å². The van der Waals surface area contributed by atoms with E-state index in [2.05, 4.69) is 0 Å². The first-order chi connectivity index (χ1) is 9.24. The fourth-order valence-corrected chi connectivity index (χ4v) is 4.13. The lowest BCUT2D eigenvalue weighted by molar-refractivity contribution is 0.0349. The smallest absolute Gasteiger partial charge is 0.123 e. The van der Waals surface area contributed by atoms with Crippen LogP contribution >= 0.6 is 0 Å². The van der Waals surface area contributed by atoms with E-state index in [1.54, 1.807) is 12.1 Å². The van der Waals surface area contributed by atoms with Crippen molar-refractivity contribution >= 4 is 0 Å². The number of benzene rings is 1. The van der Waals surface area contributed by atoms with Crippen LogP contribution in [0.4, 0.5) is 4.39 Å². The van der Waals surface area contributed by atoms with E-state index in [9.17, 15) is 9.50 Å².